The molecule has 1 aromatic heterocycles. The van der Waals surface area contributed by atoms with Crippen molar-refractivity contribution < 1.29 is 0 Å². The number of aromatic nitrogens is 2. The van der Waals surface area contributed by atoms with Crippen LogP contribution in [0.5, 0.6) is 0 Å². The minimum atomic E-state index is 0.896. The zero-order valence-electron chi connectivity index (χ0n) is 21.5. The van der Waals surface area contributed by atoms with E-state index >= 15 is 0 Å². The molecule has 1 aliphatic carbocycles. The molecule has 2 aromatic rings. The average molecular weight is 449 g/mol. The lowest BCUT2D eigenvalue weighted by Gasteiger charge is -2.28. The van der Waals surface area contributed by atoms with Gasteiger partial charge in [0.05, 0.1) is 11.4 Å². The monoisotopic (exact) mass is 448 g/mol. The lowest BCUT2D eigenvalue weighted by atomic mass is 9.78. The van der Waals surface area contributed by atoms with E-state index in [2.05, 4.69) is 60.4 Å². The molecule has 1 aromatic carbocycles. The van der Waals surface area contributed by atoms with Crippen molar-refractivity contribution in [2.75, 3.05) is 0 Å². The van der Waals surface area contributed by atoms with Crippen LogP contribution in [0.2, 0.25) is 0 Å². The summed E-state index contributed by atoms with van der Waals surface area (Å²) in [4.78, 5) is 0. The van der Waals surface area contributed by atoms with E-state index in [0.717, 1.165) is 29.6 Å². The van der Waals surface area contributed by atoms with E-state index < -0.39 is 0 Å². The normalized spacial score (nSPS) is 18.5. The van der Waals surface area contributed by atoms with Gasteiger partial charge in [-0.05, 0) is 55.2 Å². The van der Waals surface area contributed by atoms with Gasteiger partial charge in [0.1, 0.15) is 0 Å². The number of nitrogens with zero attached hydrogens (tertiary/aromatic N) is 2. The zero-order valence-corrected chi connectivity index (χ0v) is 21.5. The molecule has 2 heteroatoms. The fourth-order valence-electron chi connectivity index (χ4n) is 5.44. The van der Waals surface area contributed by atoms with Crippen molar-refractivity contribution in [2.45, 2.75) is 123 Å². The highest BCUT2D eigenvalue weighted by Crippen LogP contribution is 2.34. The Hall–Kier alpha value is -1.70. The first-order valence-electron chi connectivity index (χ1n) is 14.2. The molecule has 0 amide bonds. The van der Waals surface area contributed by atoms with Crippen LogP contribution in [0.3, 0.4) is 0 Å². The van der Waals surface area contributed by atoms with Crippen molar-refractivity contribution in [3.63, 3.8) is 0 Å². The summed E-state index contributed by atoms with van der Waals surface area (Å²) in [6.45, 7) is 4.58. The van der Waals surface area contributed by atoms with Crippen LogP contribution in [-0.2, 0) is 12.8 Å². The maximum absolute atomic E-state index is 4.56. The van der Waals surface area contributed by atoms with Gasteiger partial charge in [-0.15, -0.1) is 0 Å². The van der Waals surface area contributed by atoms with E-state index in [4.69, 9.17) is 0 Å². The van der Waals surface area contributed by atoms with Gasteiger partial charge in [0.25, 0.3) is 0 Å². The molecule has 33 heavy (non-hydrogen) atoms. The van der Waals surface area contributed by atoms with Crippen molar-refractivity contribution >= 4 is 0 Å². The Morgan fingerprint density at radius 2 is 1.24 bits per heavy atom. The minimum absolute atomic E-state index is 0.896. The lowest BCUT2D eigenvalue weighted by molar-refractivity contribution is 0.248. The van der Waals surface area contributed by atoms with Crippen LogP contribution in [0.25, 0.3) is 11.3 Å². The molecule has 1 heterocycles. The predicted octanol–water partition coefficient (Wildman–Crippen LogP) is 9.37. The summed E-state index contributed by atoms with van der Waals surface area (Å²) in [5.74, 6) is 1.90. The van der Waals surface area contributed by atoms with E-state index in [0.29, 0.717) is 0 Å². The van der Waals surface area contributed by atoms with Gasteiger partial charge in [0, 0.05) is 5.56 Å². The SMILES string of the molecule is CCCCCCCc1ccc(-c2ccc(CCC3CCC(CCCCCC)CC3)nn2)cc1. The van der Waals surface area contributed by atoms with Crippen LogP contribution in [0.1, 0.15) is 121 Å². The first-order chi connectivity index (χ1) is 16.3. The summed E-state index contributed by atoms with van der Waals surface area (Å²) < 4.78 is 0. The molecule has 1 aliphatic rings. The van der Waals surface area contributed by atoms with Crippen LogP contribution in [0, 0.1) is 11.8 Å². The van der Waals surface area contributed by atoms with E-state index in [1.54, 1.807) is 0 Å². The Balaban J connectivity index is 1.35. The molecule has 0 bridgehead atoms. The molecular formula is C31H48N2. The number of rotatable bonds is 15. The molecule has 0 radical (unpaired) electrons. The van der Waals surface area contributed by atoms with Gasteiger partial charge in [-0.1, -0.05) is 122 Å². The van der Waals surface area contributed by atoms with Crippen molar-refractivity contribution in [3.8, 4) is 11.3 Å². The second-order valence-corrected chi connectivity index (χ2v) is 10.5. The van der Waals surface area contributed by atoms with Gasteiger partial charge in [-0.2, -0.15) is 10.2 Å². The maximum atomic E-state index is 4.56. The highest BCUT2D eigenvalue weighted by molar-refractivity contribution is 5.58. The number of hydrogen-bond donors (Lipinski definition) is 0. The van der Waals surface area contributed by atoms with Gasteiger partial charge < -0.3 is 0 Å². The van der Waals surface area contributed by atoms with Crippen molar-refractivity contribution in [1.82, 2.24) is 10.2 Å². The summed E-state index contributed by atoms with van der Waals surface area (Å²) in [5, 5.41) is 9.11. The van der Waals surface area contributed by atoms with Gasteiger partial charge >= 0.3 is 0 Å². The zero-order chi connectivity index (χ0) is 23.1. The van der Waals surface area contributed by atoms with Gasteiger partial charge in [-0.25, -0.2) is 0 Å². The van der Waals surface area contributed by atoms with Gasteiger partial charge in [-0.3, -0.25) is 0 Å². The Bertz CT molecular complexity index is 741. The molecule has 1 fully saturated rings. The highest BCUT2D eigenvalue weighted by atomic mass is 15.1. The number of hydrogen-bond acceptors (Lipinski definition) is 2. The molecule has 0 aliphatic heterocycles. The molecule has 2 nitrogen and oxygen atoms in total. The molecule has 0 N–H and O–H groups in total. The summed E-state index contributed by atoms with van der Waals surface area (Å²) >= 11 is 0. The molecule has 3 rings (SSSR count). The third-order valence-electron chi connectivity index (χ3n) is 7.78. The highest BCUT2D eigenvalue weighted by Gasteiger charge is 2.20. The third kappa shape index (κ3) is 9.59. The minimum Gasteiger partial charge on any atom is -0.155 e. The van der Waals surface area contributed by atoms with Gasteiger partial charge in [0.15, 0.2) is 0 Å². The fourth-order valence-corrected chi connectivity index (χ4v) is 5.44. The average Bonchev–Trinajstić information content (AvgIpc) is 2.87. The second-order valence-electron chi connectivity index (χ2n) is 10.5. The third-order valence-corrected chi connectivity index (χ3v) is 7.78. The number of benzene rings is 1. The summed E-state index contributed by atoms with van der Waals surface area (Å²) in [7, 11) is 0. The summed E-state index contributed by atoms with van der Waals surface area (Å²) in [6, 6.07) is 13.3. The molecule has 0 spiro atoms. The van der Waals surface area contributed by atoms with E-state index in [1.807, 2.05) is 0 Å². The first kappa shape index (κ1) is 25.9. The Morgan fingerprint density at radius 1 is 0.606 bits per heavy atom. The first-order valence-corrected chi connectivity index (χ1v) is 14.2. The quantitative estimate of drug-likeness (QED) is 0.254. The smallest absolute Gasteiger partial charge is 0.0929 e. The van der Waals surface area contributed by atoms with Crippen LogP contribution in [-0.4, -0.2) is 10.2 Å². The molecule has 182 valence electrons. The summed E-state index contributed by atoms with van der Waals surface area (Å²) in [5.41, 5.74) is 4.78. The van der Waals surface area contributed by atoms with Crippen molar-refractivity contribution in [3.05, 3.63) is 47.7 Å². The second kappa shape index (κ2) is 15.3. The van der Waals surface area contributed by atoms with Crippen molar-refractivity contribution in [1.29, 1.82) is 0 Å². The largest absolute Gasteiger partial charge is 0.155 e. The van der Waals surface area contributed by atoms with E-state index in [9.17, 15) is 0 Å². The fraction of sp³-hybridized carbons (Fsp3) is 0.677. The predicted molar refractivity (Wildman–Crippen MR) is 142 cm³/mol. The van der Waals surface area contributed by atoms with Crippen molar-refractivity contribution in [2.24, 2.45) is 11.8 Å². The van der Waals surface area contributed by atoms with Gasteiger partial charge in [0.2, 0.25) is 0 Å². The Labute approximate surface area is 204 Å². The summed E-state index contributed by atoms with van der Waals surface area (Å²) in [6.07, 6.45) is 23.1. The maximum Gasteiger partial charge on any atom is 0.0929 e. The Kier molecular flexibility index (Phi) is 12.0. The van der Waals surface area contributed by atoms with Crippen LogP contribution in [0.4, 0.5) is 0 Å². The lowest BCUT2D eigenvalue weighted by Crippen LogP contribution is -2.15. The van der Waals surface area contributed by atoms with E-state index in [-0.39, 0.29) is 0 Å². The number of unbranched alkanes of at least 4 members (excludes halogenated alkanes) is 7. The number of aryl methyl sites for hydroxylation is 2. The molecule has 0 atom stereocenters. The van der Waals surface area contributed by atoms with Crippen LogP contribution < -0.4 is 0 Å². The molecule has 1 saturated carbocycles. The molecule has 0 saturated heterocycles. The van der Waals surface area contributed by atoms with E-state index in [1.165, 1.54) is 114 Å². The standard InChI is InChI=1S/C31H48N2/c1-3-5-7-9-11-13-27-18-21-29(22-19-27)31-25-24-30(32-33-31)23-20-28-16-14-26(15-17-28)12-10-8-6-4-2/h18-19,21-22,24-26,28H,3-17,20,23H2,1-2H3. The Morgan fingerprint density at radius 3 is 1.88 bits per heavy atom. The van der Waals surface area contributed by atoms with Crippen LogP contribution >= 0.6 is 0 Å². The topological polar surface area (TPSA) is 25.8 Å². The van der Waals surface area contributed by atoms with Crippen LogP contribution in [0.15, 0.2) is 36.4 Å². The molecule has 0 unspecified atom stereocenters. The molecular weight excluding hydrogens is 400 g/mol.